The molecule has 2 rings (SSSR count). The Kier molecular flexibility index (Phi) is 9.96. The molecule has 1 aliphatic rings. The average molecular weight is 446 g/mol. The van der Waals surface area contributed by atoms with Crippen LogP contribution in [0, 0.1) is 0 Å². The van der Waals surface area contributed by atoms with Gasteiger partial charge in [0.25, 0.3) is 0 Å². The molecule has 1 saturated carbocycles. The van der Waals surface area contributed by atoms with E-state index in [0.29, 0.717) is 33.1 Å². The lowest BCUT2D eigenvalue weighted by Crippen LogP contribution is -2.24. The Morgan fingerprint density at radius 2 is 2.13 bits per heavy atom. The first-order valence-electron chi connectivity index (χ1n) is 10.2. The summed E-state index contributed by atoms with van der Waals surface area (Å²) in [6.45, 7) is 7.52. The highest BCUT2D eigenvalue weighted by atomic mass is 32.2. The zero-order valence-corrected chi connectivity index (χ0v) is 19.1. The molecule has 1 aliphatic carbocycles. The third-order valence-electron chi connectivity index (χ3n) is 4.80. The predicted molar refractivity (Wildman–Crippen MR) is 126 cm³/mol. The topological polar surface area (TPSA) is 119 Å². The molecule has 0 aromatic carbocycles. The van der Waals surface area contributed by atoms with Gasteiger partial charge < -0.3 is 24.9 Å². The fraction of sp³-hybridized carbons (Fsp3) is 0.429. The lowest BCUT2D eigenvalue weighted by atomic mass is 9.74. The van der Waals surface area contributed by atoms with Crippen LogP contribution in [0.1, 0.15) is 46.0 Å². The van der Waals surface area contributed by atoms with Gasteiger partial charge in [-0.25, -0.2) is 9.78 Å². The van der Waals surface area contributed by atoms with Gasteiger partial charge in [0.15, 0.2) is 0 Å². The van der Waals surface area contributed by atoms with E-state index in [0.717, 1.165) is 25.7 Å². The van der Waals surface area contributed by atoms with Gasteiger partial charge in [0, 0.05) is 24.8 Å². The third kappa shape index (κ3) is 7.97. The van der Waals surface area contributed by atoms with Gasteiger partial charge in [-0.3, -0.25) is 5.32 Å². The number of allylic oxidation sites excluding steroid dienone is 4. The van der Waals surface area contributed by atoms with Gasteiger partial charge in [-0.2, -0.15) is 0 Å². The summed E-state index contributed by atoms with van der Waals surface area (Å²) < 4.78 is 13.7. The van der Waals surface area contributed by atoms with Gasteiger partial charge in [-0.1, -0.05) is 24.6 Å². The molecule has 0 aliphatic heterocycles. The van der Waals surface area contributed by atoms with E-state index in [1.165, 1.54) is 31.7 Å². The molecule has 0 saturated heterocycles. The highest BCUT2D eigenvalue weighted by Crippen LogP contribution is 2.27. The molecule has 0 unspecified atom stereocenters. The molecule has 31 heavy (non-hydrogen) atoms. The number of carbonyl (C=O) groups excluding carboxylic acids is 1. The second-order valence-corrected chi connectivity index (χ2v) is 8.12. The van der Waals surface area contributed by atoms with Crippen molar-refractivity contribution < 1.29 is 19.2 Å². The van der Waals surface area contributed by atoms with Gasteiger partial charge in [0.05, 0.1) is 17.6 Å². The van der Waals surface area contributed by atoms with Crippen molar-refractivity contribution in [2.45, 2.75) is 57.1 Å². The fourth-order valence-corrected chi connectivity index (χ4v) is 3.81. The fourth-order valence-electron chi connectivity index (χ4n) is 3.09. The molecule has 8 nitrogen and oxygen atoms in total. The molecule has 1 aromatic rings. The quantitative estimate of drug-likeness (QED) is 0.253. The van der Waals surface area contributed by atoms with Crippen LogP contribution in [0.4, 0.5) is 16.2 Å². The second-order valence-electron chi connectivity index (χ2n) is 7.33. The zero-order valence-electron chi connectivity index (χ0n) is 18.3. The lowest BCUT2D eigenvalue weighted by Gasteiger charge is -2.22. The summed E-state index contributed by atoms with van der Waals surface area (Å²) in [6, 6.07) is 1.64. The molecule has 1 aromatic heterocycles. The van der Waals surface area contributed by atoms with Crippen LogP contribution in [0.25, 0.3) is 0 Å². The lowest BCUT2D eigenvalue weighted by molar-refractivity contribution is 0.0864. The van der Waals surface area contributed by atoms with Crippen molar-refractivity contribution >= 4 is 36.5 Å². The van der Waals surface area contributed by atoms with E-state index in [1.807, 2.05) is 13.0 Å². The van der Waals surface area contributed by atoms with Crippen LogP contribution in [-0.4, -0.2) is 36.4 Å². The molecule has 0 spiro atoms. The van der Waals surface area contributed by atoms with Crippen LogP contribution in [0.15, 0.2) is 52.8 Å². The Hall–Kier alpha value is -2.43. The minimum Gasteiger partial charge on any atom is -0.446 e. The Balaban J connectivity index is 2.08. The number of amides is 1. The Bertz CT molecular complexity index is 841. The van der Waals surface area contributed by atoms with Gasteiger partial charge >= 0.3 is 13.2 Å². The van der Waals surface area contributed by atoms with E-state index >= 15 is 0 Å². The smallest absolute Gasteiger partial charge is 0.446 e. The summed E-state index contributed by atoms with van der Waals surface area (Å²) in [5, 5.41) is 13.3. The minimum absolute atomic E-state index is 0.0514. The highest BCUT2D eigenvalue weighted by molar-refractivity contribution is 7.97. The van der Waals surface area contributed by atoms with Crippen molar-refractivity contribution in [2.75, 3.05) is 18.2 Å². The molecule has 0 radical (unpaired) electrons. The number of nitrogens with one attached hydrogen (secondary N) is 2. The maximum absolute atomic E-state index is 12.4. The SMILES string of the molecule is C=C(C)/C(=C\C(=C/C)NSc1ncc(N)cc1NC(=O)OC1CCCCC1)B(O)OC. The normalized spacial score (nSPS) is 15.4. The summed E-state index contributed by atoms with van der Waals surface area (Å²) in [4.78, 5) is 16.7. The molecule has 0 atom stereocenters. The van der Waals surface area contributed by atoms with Crippen LogP contribution < -0.4 is 15.8 Å². The monoisotopic (exact) mass is 446 g/mol. The molecule has 1 amide bonds. The number of aromatic nitrogens is 1. The van der Waals surface area contributed by atoms with Crippen molar-refractivity contribution in [2.24, 2.45) is 0 Å². The first kappa shape index (κ1) is 24.8. The number of anilines is 2. The van der Waals surface area contributed by atoms with E-state index < -0.39 is 13.2 Å². The van der Waals surface area contributed by atoms with Crippen LogP contribution in [0.3, 0.4) is 0 Å². The first-order valence-corrected chi connectivity index (χ1v) is 11.1. The van der Waals surface area contributed by atoms with E-state index in [1.54, 1.807) is 19.1 Å². The molecule has 168 valence electrons. The molecule has 0 bridgehead atoms. The predicted octanol–water partition coefficient (Wildman–Crippen LogP) is 4.21. The van der Waals surface area contributed by atoms with Crippen LogP contribution in [0.5, 0.6) is 0 Å². The summed E-state index contributed by atoms with van der Waals surface area (Å²) in [5.74, 6) is 0. The highest BCUT2D eigenvalue weighted by Gasteiger charge is 2.20. The van der Waals surface area contributed by atoms with Gasteiger partial charge in [-0.05, 0) is 57.1 Å². The van der Waals surface area contributed by atoms with Crippen LogP contribution in [-0.2, 0) is 9.39 Å². The van der Waals surface area contributed by atoms with E-state index in [4.69, 9.17) is 15.1 Å². The Morgan fingerprint density at radius 3 is 2.74 bits per heavy atom. The molecular formula is C21H31BN4O4S. The summed E-state index contributed by atoms with van der Waals surface area (Å²) in [5.41, 5.74) is 8.67. The van der Waals surface area contributed by atoms with Crippen molar-refractivity contribution in [3.8, 4) is 0 Å². The molecule has 1 fully saturated rings. The van der Waals surface area contributed by atoms with E-state index in [2.05, 4.69) is 21.6 Å². The van der Waals surface area contributed by atoms with E-state index in [9.17, 15) is 9.82 Å². The zero-order chi connectivity index (χ0) is 22.8. The Morgan fingerprint density at radius 1 is 1.42 bits per heavy atom. The van der Waals surface area contributed by atoms with E-state index in [-0.39, 0.29) is 6.10 Å². The number of nitrogens with zero attached hydrogens (tertiary/aromatic N) is 1. The number of hydrogen-bond donors (Lipinski definition) is 4. The number of nitrogen functional groups attached to an aromatic ring is 1. The summed E-state index contributed by atoms with van der Waals surface area (Å²) >= 11 is 1.20. The van der Waals surface area contributed by atoms with Crippen molar-refractivity contribution in [1.82, 2.24) is 9.71 Å². The van der Waals surface area contributed by atoms with Gasteiger partial charge in [0.2, 0.25) is 0 Å². The molecule has 5 N–H and O–H groups in total. The number of rotatable bonds is 9. The van der Waals surface area contributed by atoms with Gasteiger partial charge in [0.1, 0.15) is 11.1 Å². The van der Waals surface area contributed by atoms with Crippen LogP contribution >= 0.6 is 11.9 Å². The molecule has 10 heteroatoms. The average Bonchev–Trinajstić information content (AvgIpc) is 2.75. The molecular weight excluding hydrogens is 415 g/mol. The minimum atomic E-state index is -1.08. The maximum atomic E-state index is 12.4. The summed E-state index contributed by atoms with van der Waals surface area (Å²) in [6.07, 6.45) is 9.64. The Labute approximate surface area is 188 Å². The second kappa shape index (κ2) is 12.4. The van der Waals surface area contributed by atoms with Crippen LogP contribution in [0.2, 0.25) is 0 Å². The van der Waals surface area contributed by atoms with Crippen molar-refractivity contribution in [3.05, 3.63) is 47.7 Å². The number of carbonyl (C=O) groups is 1. The third-order valence-corrected chi connectivity index (χ3v) is 5.66. The first-order chi connectivity index (χ1) is 14.8. The standard InChI is InChI=1S/C21H31BN4O4S/c1-5-16(12-18(14(2)3)22(28)29-4)26-31-20-19(11-15(23)13-24-20)25-21(27)30-17-9-7-6-8-10-17/h5,11-13,17,26,28H,2,6-10,23H2,1,3-4H3,(H,25,27)/b16-5+,18-12+. The maximum Gasteiger partial charge on any atom is 0.491 e. The van der Waals surface area contributed by atoms with Crippen molar-refractivity contribution in [3.63, 3.8) is 0 Å². The largest absolute Gasteiger partial charge is 0.491 e. The number of ether oxygens (including phenoxy) is 1. The number of nitrogens with two attached hydrogens (primary N) is 1. The van der Waals surface area contributed by atoms with Gasteiger partial charge in [-0.15, -0.1) is 0 Å². The molecule has 1 heterocycles. The number of hydrogen-bond acceptors (Lipinski definition) is 8. The summed E-state index contributed by atoms with van der Waals surface area (Å²) in [7, 11) is 0.336. The number of pyridine rings is 1. The van der Waals surface area contributed by atoms with Crippen molar-refractivity contribution in [1.29, 1.82) is 0 Å².